The SMILES string of the molecule is CCC(OC)(OC)OC.CCc1nc2sc3c(c2c(=O)[nH]1)C=CCC3.CCc1nc2sc3c(c2c(=O)[nH]1)C=CCC3.N#CCC(N)=O.NC(=O)c1c(N)sc2c1C=CCC2.NC(=O)c1c(N)sc2c1C=CCC2.O=C1C=CCCC1.O=CO[O-].S=S=S=S=S=S=S=S.[2H]CCc1nc2sc3c(c2c(=O)[nH]1)C=CCC3.[H-].[Na+].[Na+]. The molecule has 0 unspecified atom stereocenters. The van der Waals surface area contributed by atoms with Crippen LogP contribution < -0.4 is 110 Å². The Balaban J connectivity index is 0.000000431. The predicted molar refractivity (Wildman–Crippen MR) is 459 cm³/mol. The van der Waals surface area contributed by atoms with Crippen LogP contribution in [-0.2, 0) is 161 Å². The molecular formula is C70H84N12Na2O13S13. The zero-order chi connectivity index (χ0) is 80.0. The molecule has 6 aliphatic rings. The number of nitrogen functional groups attached to an aromatic ring is 2. The van der Waals surface area contributed by atoms with Crippen LogP contribution in [0.25, 0.3) is 61.0 Å². The Morgan fingerprint density at radius 3 is 1.13 bits per heavy atom. The number of nitrogens with one attached hydrogen (secondary N) is 3. The third-order valence-electron chi connectivity index (χ3n) is 15.7. The molecule has 0 spiro atoms. The first kappa shape index (κ1) is 97.0. The zero-order valence-electron chi connectivity index (χ0n) is 63.7. The minimum absolute atomic E-state index is 0. The number of aromatic amines is 3. The fraction of sp³-hybridized carbons (Fsp3) is 0.371. The molecule has 8 aromatic heterocycles. The zero-order valence-corrected chi connectivity index (χ0v) is 76.3. The van der Waals surface area contributed by atoms with E-state index in [9.17, 15) is 33.6 Å². The number of ketones is 1. The Morgan fingerprint density at radius 2 is 0.900 bits per heavy atom. The van der Waals surface area contributed by atoms with Crippen LogP contribution in [0.4, 0.5) is 10.0 Å². The maximum Gasteiger partial charge on any atom is 1.00 e. The molecule has 0 atom stereocenters. The van der Waals surface area contributed by atoms with E-state index < -0.39 is 23.7 Å². The summed E-state index contributed by atoms with van der Waals surface area (Å²) in [5.41, 5.74) is 32.4. The molecule has 0 aliphatic heterocycles. The molecule has 40 heteroatoms. The number of aryl methyl sites for hydroxylation is 8. The van der Waals surface area contributed by atoms with Crippen LogP contribution >= 0.6 is 56.7 Å². The van der Waals surface area contributed by atoms with Gasteiger partial charge in [0, 0.05) is 183 Å². The second kappa shape index (κ2) is 52.9. The maximum absolute atomic E-state index is 12.0. The number of aromatic nitrogens is 6. The van der Waals surface area contributed by atoms with Gasteiger partial charge in [0.15, 0.2) is 5.78 Å². The average Bonchev–Trinajstić information content (AvgIpc) is 1.63. The van der Waals surface area contributed by atoms with Gasteiger partial charge in [-0.15, -0.1) is 56.7 Å². The number of allylic oxidation sites excluding steroid dienone is 7. The van der Waals surface area contributed by atoms with Crippen molar-refractivity contribution in [3.05, 3.63) is 154 Å². The van der Waals surface area contributed by atoms with E-state index in [4.69, 9.17) is 53.8 Å². The van der Waals surface area contributed by atoms with Gasteiger partial charge in [-0.3, -0.25) is 38.4 Å². The fourth-order valence-corrected chi connectivity index (χ4v) is 27.4. The van der Waals surface area contributed by atoms with Gasteiger partial charge in [0.25, 0.3) is 40.9 Å². The van der Waals surface area contributed by atoms with Crippen LogP contribution in [0.1, 0.15) is 185 Å². The molecule has 8 aromatic rings. The number of ether oxygens (including phenoxy) is 3. The summed E-state index contributed by atoms with van der Waals surface area (Å²) in [6.07, 6.45) is 39.7. The van der Waals surface area contributed by atoms with Crippen molar-refractivity contribution in [1.82, 2.24) is 29.9 Å². The normalized spacial score (nSPS) is 13.0. The largest absolute Gasteiger partial charge is 1.00 e. The summed E-state index contributed by atoms with van der Waals surface area (Å²) in [6.45, 7) is 5.99. The van der Waals surface area contributed by atoms with Crippen LogP contribution in [0.15, 0.2) is 56.9 Å². The van der Waals surface area contributed by atoms with Gasteiger partial charge < -0.3 is 69.4 Å². The van der Waals surface area contributed by atoms with E-state index in [1.807, 2.05) is 57.2 Å². The van der Waals surface area contributed by atoms with E-state index in [0.717, 1.165) is 166 Å². The number of rotatable bonds is 11. The number of anilines is 2. The van der Waals surface area contributed by atoms with E-state index >= 15 is 0 Å². The van der Waals surface area contributed by atoms with Crippen molar-refractivity contribution < 1.29 is 110 Å². The number of nitrogens with two attached hydrogens (primary N) is 5. The van der Waals surface area contributed by atoms with Crippen molar-refractivity contribution in [1.29, 1.82) is 5.26 Å². The van der Waals surface area contributed by atoms with E-state index in [-0.39, 0.29) is 103 Å². The second-order valence-electron chi connectivity index (χ2n) is 22.5. The number of H-pyrrole nitrogens is 3. The number of methoxy groups -OCH3 is 3. The number of carbonyl (C=O) groups excluding carboxylic acids is 5. The first-order valence-corrected chi connectivity index (χ1v) is 46.6. The third-order valence-corrected chi connectivity index (χ3v) is 32.5. The molecule has 13 N–H and O–H groups in total. The molecule has 25 nitrogen and oxygen atoms in total. The Hall–Kier alpha value is -5.40. The molecule has 582 valence electrons. The molecule has 0 bridgehead atoms. The smallest absolute Gasteiger partial charge is 1.00 e. The monoisotopic (exact) mass is 1760 g/mol. The quantitative estimate of drug-likeness (QED) is 0.0290. The van der Waals surface area contributed by atoms with Crippen LogP contribution in [0, 0.1) is 11.3 Å². The van der Waals surface area contributed by atoms with E-state index in [1.54, 1.807) is 103 Å². The van der Waals surface area contributed by atoms with Crippen LogP contribution in [0.2, 0.25) is 0 Å². The van der Waals surface area contributed by atoms with Crippen LogP contribution in [-0.4, -0.2) is 87.2 Å². The Bertz CT molecular complexity index is 5010. The van der Waals surface area contributed by atoms with Crippen molar-refractivity contribution in [2.45, 2.75) is 149 Å². The molecule has 14 rings (SSSR count). The molecule has 0 saturated heterocycles. The van der Waals surface area contributed by atoms with Crippen molar-refractivity contribution in [2.24, 2.45) is 17.2 Å². The Morgan fingerprint density at radius 1 is 0.573 bits per heavy atom. The molecule has 8 heterocycles. The summed E-state index contributed by atoms with van der Waals surface area (Å²) < 4.78 is 22.0. The summed E-state index contributed by atoms with van der Waals surface area (Å²) >= 11 is 17.1. The Kier molecular flexibility index (Phi) is 46.6. The standard InChI is InChI=1S/3C12H12N2OS.2C9H10N2OS.C6H14O3.C6H8O.C3H4N2O.CH2O3.2Na.S8.H/c3*1-2-9-13-11(15)10-7-5-3-4-6-8(7)16-12(10)14-9;2*10-8(12)7-5-3-1-2-4-6(5)13-9(7)11;1-5-6(7-2,8-3)9-4;7-6-4-2-1-3-5-6;4-2-1-3(5)6;2-1-4-3;;;1-3-5-7-8-6-4-2;/h3*3,5H,2,4,6H2,1H3,(H,13,14,15);2*1,3H,2,4,11H2,(H2,10,12);5H2,1-4H3;2,4H,1,3,5H2;1H2,(H2,5,6);1,3H;;;;/q;;;;;;;;;2*+1;;-1/p-1/i1D;;;;;;;;;;;;. The number of fused-ring (bicyclic) bond motifs is 11. The molecular weight excluding hydrogens is 1680 g/mol. The third kappa shape index (κ3) is 29.8. The van der Waals surface area contributed by atoms with Crippen molar-refractivity contribution in [2.75, 3.05) is 32.8 Å². The van der Waals surface area contributed by atoms with Gasteiger partial charge >= 0.3 is 59.1 Å². The van der Waals surface area contributed by atoms with Gasteiger partial charge in [0.1, 0.15) is 38.4 Å². The van der Waals surface area contributed by atoms with Crippen LogP contribution in [0.5, 0.6) is 0 Å². The molecule has 6 aliphatic carbocycles. The molecule has 0 aromatic carbocycles. The van der Waals surface area contributed by atoms with E-state index in [0.29, 0.717) is 39.8 Å². The summed E-state index contributed by atoms with van der Waals surface area (Å²) in [6, 6.07) is 1.59. The van der Waals surface area contributed by atoms with Gasteiger partial charge in [-0.1, -0.05) is 94.5 Å². The number of hydrogen-bond donors (Lipinski definition) is 8. The summed E-state index contributed by atoms with van der Waals surface area (Å²) in [5, 5.41) is 19.5. The minimum Gasteiger partial charge on any atom is -1.00 e. The van der Waals surface area contributed by atoms with Crippen molar-refractivity contribution in [3.8, 4) is 6.07 Å². The van der Waals surface area contributed by atoms with Crippen molar-refractivity contribution in [3.63, 3.8) is 0 Å². The molecule has 0 saturated carbocycles. The van der Waals surface area contributed by atoms with Gasteiger partial charge in [0.05, 0.1) is 43.4 Å². The van der Waals surface area contributed by atoms with Gasteiger partial charge in [-0.25, -0.2) is 15.0 Å². The summed E-state index contributed by atoms with van der Waals surface area (Å²) in [4.78, 5) is 120. The second-order valence-corrected chi connectivity index (χ2v) is 38.6. The van der Waals surface area contributed by atoms with E-state index in [1.165, 1.54) is 64.8 Å². The number of amides is 3. The molecule has 110 heavy (non-hydrogen) atoms. The van der Waals surface area contributed by atoms with Crippen molar-refractivity contribution >= 4 is 233 Å². The first-order valence-electron chi connectivity index (χ1n) is 33.9. The molecule has 3 amide bonds. The molecule has 0 radical (unpaired) electrons. The number of carbonyl (C=O) groups is 5. The number of nitrogens with zero attached hydrogens (tertiary/aromatic N) is 4. The number of hydrogen-bond acceptors (Lipinski definition) is 26. The summed E-state index contributed by atoms with van der Waals surface area (Å²) in [7, 11) is 13.8. The molecule has 0 fully saturated rings. The van der Waals surface area contributed by atoms with Crippen LogP contribution in [0.3, 0.4) is 0 Å². The number of nitriles is 1. The topological polar surface area (TPSA) is 436 Å². The van der Waals surface area contributed by atoms with Gasteiger partial charge in [-0.2, -0.15) is 5.26 Å². The number of thiophene rings is 5. The maximum atomic E-state index is 12.0. The predicted octanol–water partition coefficient (Wildman–Crippen LogP) is 4.50. The minimum atomic E-state index is -0.833. The number of primary amides is 3. The van der Waals surface area contributed by atoms with Gasteiger partial charge in [-0.05, 0) is 83.1 Å². The summed E-state index contributed by atoms with van der Waals surface area (Å²) in [5.74, 6) is 0.201. The fourth-order valence-electron chi connectivity index (χ4n) is 10.7. The van der Waals surface area contributed by atoms with E-state index in [2.05, 4.69) is 93.3 Å². The average molecular weight is 1770 g/mol. The van der Waals surface area contributed by atoms with Gasteiger partial charge in [0.2, 0.25) is 5.91 Å². The Labute approximate surface area is 730 Å². The first-order chi connectivity index (χ1) is 52.5.